The molecule has 7 nitrogen and oxygen atoms in total. The van der Waals surface area contributed by atoms with Crippen LogP contribution in [0, 0.1) is 0 Å². The molecule has 0 bridgehead atoms. The van der Waals surface area contributed by atoms with E-state index in [4.69, 9.17) is 9.47 Å². The monoisotopic (exact) mass is 444 g/mol. The van der Waals surface area contributed by atoms with Crippen molar-refractivity contribution in [2.45, 2.75) is 17.1 Å². The fourth-order valence-electron chi connectivity index (χ4n) is 2.78. The molecule has 0 saturated carbocycles. The number of benzene rings is 2. The summed E-state index contributed by atoms with van der Waals surface area (Å²) in [6, 6.07) is 9.58. The Morgan fingerprint density at radius 2 is 1.63 bits per heavy atom. The number of sulfonamides is 1. The van der Waals surface area contributed by atoms with Gasteiger partial charge < -0.3 is 14.8 Å². The van der Waals surface area contributed by atoms with E-state index in [1.165, 1.54) is 23.5 Å². The number of ether oxygens (including phenoxy) is 2. The standard InChI is InChI=1S/C19H19F3N2O5S/c1-28-15-6-8-17(9-7-15)30(26,27)24-10-14(11-24)23-18(25)12-29-16-4-2-13(3-5-16)19(20,21)22/h2-9,14H,10-12H2,1H3,(H,23,25). The molecule has 2 aromatic rings. The first-order chi connectivity index (χ1) is 14.1. The van der Waals surface area contributed by atoms with Crippen molar-refractivity contribution in [3.05, 3.63) is 54.1 Å². The lowest BCUT2D eigenvalue weighted by molar-refractivity contribution is -0.137. The van der Waals surface area contributed by atoms with Crippen molar-refractivity contribution in [2.24, 2.45) is 0 Å². The van der Waals surface area contributed by atoms with E-state index in [1.807, 2.05) is 0 Å². The fourth-order valence-corrected chi connectivity index (χ4v) is 4.31. The molecular weight excluding hydrogens is 425 g/mol. The number of amides is 1. The van der Waals surface area contributed by atoms with Crippen LogP contribution < -0.4 is 14.8 Å². The number of hydrogen-bond acceptors (Lipinski definition) is 5. The lowest BCUT2D eigenvalue weighted by atomic mass is 10.2. The van der Waals surface area contributed by atoms with Gasteiger partial charge in [0.1, 0.15) is 11.5 Å². The Kier molecular flexibility index (Phi) is 6.22. The Bertz CT molecular complexity index is 986. The summed E-state index contributed by atoms with van der Waals surface area (Å²) < 4.78 is 74.0. The second kappa shape index (κ2) is 8.52. The van der Waals surface area contributed by atoms with Crippen LogP contribution in [-0.4, -0.2) is 51.5 Å². The van der Waals surface area contributed by atoms with Gasteiger partial charge in [0.2, 0.25) is 10.0 Å². The zero-order valence-corrected chi connectivity index (χ0v) is 16.7. The molecule has 0 radical (unpaired) electrons. The highest BCUT2D eigenvalue weighted by Crippen LogP contribution is 2.30. The summed E-state index contributed by atoms with van der Waals surface area (Å²) in [4.78, 5) is 12.1. The maximum absolute atomic E-state index is 12.5. The molecule has 1 aliphatic heterocycles. The summed E-state index contributed by atoms with van der Waals surface area (Å²) >= 11 is 0. The first kappa shape index (κ1) is 21.9. The van der Waals surface area contributed by atoms with Crippen LogP contribution in [0.25, 0.3) is 0 Å². The average molecular weight is 444 g/mol. The molecule has 2 aromatic carbocycles. The molecule has 162 valence electrons. The number of carbonyl (C=O) groups is 1. The van der Waals surface area contributed by atoms with Crippen LogP contribution in [0.1, 0.15) is 5.56 Å². The van der Waals surface area contributed by atoms with Crippen molar-refractivity contribution in [2.75, 3.05) is 26.8 Å². The Hall–Kier alpha value is -2.79. The van der Waals surface area contributed by atoms with Crippen molar-refractivity contribution >= 4 is 15.9 Å². The van der Waals surface area contributed by atoms with Gasteiger partial charge in [-0.05, 0) is 48.5 Å². The molecule has 1 heterocycles. The van der Waals surface area contributed by atoms with Crippen molar-refractivity contribution in [1.29, 1.82) is 0 Å². The Balaban J connectivity index is 1.45. The topological polar surface area (TPSA) is 84.9 Å². The number of alkyl halides is 3. The summed E-state index contributed by atoms with van der Waals surface area (Å²) in [6.07, 6.45) is -4.45. The molecule has 3 rings (SSSR count). The van der Waals surface area contributed by atoms with Crippen LogP contribution in [0.4, 0.5) is 13.2 Å². The van der Waals surface area contributed by atoms with Crippen molar-refractivity contribution in [1.82, 2.24) is 9.62 Å². The third-order valence-electron chi connectivity index (χ3n) is 4.46. The van der Waals surface area contributed by atoms with E-state index < -0.39 is 34.3 Å². The third-order valence-corrected chi connectivity index (χ3v) is 6.31. The predicted molar refractivity (Wildman–Crippen MR) is 101 cm³/mol. The Morgan fingerprint density at radius 1 is 1.07 bits per heavy atom. The van der Waals surface area contributed by atoms with E-state index >= 15 is 0 Å². The third kappa shape index (κ3) is 5.03. The minimum Gasteiger partial charge on any atom is -0.497 e. The molecule has 0 aliphatic carbocycles. The predicted octanol–water partition coefficient (Wildman–Crippen LogP) is 2.28. The minimum absolute atomic E-state index is 0.111. The zero-order chi connectivity index (χ0) is 21.9. The van der Waals surface area contributed by atoms with Crippen molar-refractivity contribution in [3.8, 4) is 11.5 Å². The number of nitrogens with one attached hydrogen (secondary N) is 1. The van der Waals surface area contributed by atoms with Gasteiger partial charge in [0, 0.05) is 13.1 Å². The second-order valence-corrected chi connectivity index (χ2v) is 8.51. The summed E-state index contributed by atoms with van der Waals surface area (Å²) in [5.41, 5.74) is -0.813. The van der Waals surface area contributed by atoms with Crippen LogP contribution in [0.15, 0.2) is 53.4 Å². The molecule has 0 atom stereocenters. The first-order valence-corrected chi connectivity index (χ1v) is 10.3. The molecule has 1 N–H and O–H groups in total. The second-order valence-electron chi connectivity index (χ2n) is 6.57. The lowest BCUT2D eigenvalue weighted by Crippen LogP contribution is -2.61. The van der Waals surface area contributed by atoms with Gasteiger partial charge in [-0.15, -0.1) is 0 Å². The van der Waals surface area contributed by atoms with Crippen LogP contribution in [0.2, 0.25) is 0 Å². The minimum atomic E-state index is -4.45. The SMILES string of the molecule is COc1ccc(S(=O)(=O)N2CC(NC(=O)COc3ccc(C(F)(F)F)cc3)C2)cc1. The van der Waals surface area contributed by atoms with E-state index in [0.29, 0.717) is 5.75 Å². The van der Waals surface area contributed by atoms with Gasteiger partial charge in [0.15, 0.2) is 6.61 Å². The number of hydrogen-bond donors (Lipinski definition) is 1. The number of carbonyl (C=O) groups excluding carboxylic acids is 1. The van der Waals surface area contributed by atoms with Crippen LogP contribution in [0.3, 0.4) is 0 Å². The van der Waals surface area contributed by atoms with Gasteiger partial charge in [-0.2, -0.15) is 17.5 Å². The largest absolute Gasteiger partial charge is 0.497 e. The summed E-state index contributed by atoms with van der Waals surface area (Å²) in [5, 5.41) is 2.62. The van der Waals surface area contributed by atoms with Crippen molar-refractivity contribution < 1.29 is 35.9 Å². The zero-order valence-electron chi connectivity index (χ0n) is 15.8. The molecule has 11 heteroatoms. The van der Waals surface area contributed by atoms with E-state index in [-0.39, 0.29) is 29.8 Å². The molecular formula is C19H19F3N2O5S. The van der Waals surface area contributed by atoms with Gasteiger partial charge in [-0.3, -0.25) is 4.79 Å². The molecule has 30 heavy (non-hydrogen) atoms. The molecule has 0 aromatic heterocycles. The summed E-state index contributed by atoms with van der Waals surface area (Å²) in [5.74, 6) is 0.160. The van der Waals surface area contributed by atoms with E-state index in [1.54, 1.807) is 12.1 Å². The summed E-state index contributed by atoms with van der Waals surface area (Å²) in [6.45, 7) is -0.173. The van der Waals surface area contributed by atoms with Gasteiger partial charge >= 0.3 is 6.18 Å². The van der Waals surface area contributed by atoms with Crippen molar-refractivity contribution in [3.63, 3.8) is 0 Å². The maximum atomic E-state index is 12.5. The lowest BCUT2D eigenvalue weighted by Gasteiger charge is -2.38. The number of nitrogens with zero attached hydrogens (tertiary/aromatic N) is 1. The highest BCUT2D eigenvalue weighted by Gasteiger charge is 2.37. The molecule has 1 amide bonds. The van der Waals surface area contributed by atoms with Gasteiger partial charge in [0.05, 0.1) is 23.6 Å². The molecule has 0 spiro atoms. The highest BCUT2D eigenvalue weighted by atomic mass is 32.2. The van der Waals surface area contributed by atoms with E-state index in [9.17, 15) is 26.4 Å². The van der Waals surface area contributed by atoms with Gasteiger partial charge in [-0.1, -0.05) is 0 Å². The summed E-state index contributed by atoms with van der Waals surface area (Å²) in [7, 11) is -2.18. The molecule has 1 saturated heterocycles. The van der Waals surface area contributed by atoms with Gasteiger partial charge in [0.25, 0.3) is 5.91 Å². The average Bonchev–Trinajstić information content (AvgIpc) is 2.68. The normalized spacial score (nSPS) is 15.3. The Morgan fingerprint density at radius 3 is 2.17 bits per heavy atom. The number of rotatable bonds is 7. The molecule has 1 aliphatic rings. The van der Waals surface area contributed by atoms with E-state index in [0.717, 1.165) is 24.3 Å². The van der Waals surface area contributed by atoms with Gasteiger partial charge in [-0.25, -0.2) is 8.42 Å². The Labute approximate surface area is 171 Å². The highest BCUT2D eigenvalue weighted by molar-refractivity contribution is 7.89. The smallest absolute Gasteiger partial charge is 0.416 e. The first-order valence-electron chi connectivity index (χ1n) is 8.83. The maximum Gasteiger partial charge on any atom is 0.416 e. The van der Waals surface area contributed by atoms with Crippen LogP contribution in [-0.2, 0) is 21.0 Å². The van der Waals surface area contributed by atoms with Crippen LogP contribution >= 0.6 is 0 Å². The quantitative estimate of drug-likeness (QED) is 0.709. The molecule has 0 unspecified atom stereocenters. The van der Waals surface area contributed by atoms with E-state index in [2.05, 4.69) is 5.32 Å². The fraction of sp³-hybridized carbons (Fsp3) is 0.316. The molecule has 1 fully saturated rings. The number of methoxy groups -OCH3 is 1. The van der Waals surface area contributed by atoms with Crippen LogP contribution in [0.5, 0.6) is 11.5 Å². The number of halogens is 3.